The van der Waals surface area contributed by atoms with Gasteiger partial charge < -0.3 is 5.73 Å². The van der Waals surface area contributed by atoms with Crippen molar-refractivity contribution in [3.8, 4) is 5.69 Å². The van der Waals surface area contributed by atoms with Crippen LogP contribution in [0.15, 0.2) is 30.5 Å². The summed E-state index contributed by atoms with van der Waals surface area (Å²) in [5, 5.41) is 8.60. The molecule has 0 unspecified atom stereocenters. The highest BCUT2D eigenvalue weighted by Gasteiger charge is 2.37. The van der Waals surface area contributed by atoms with E-state index < -0.39 is 0 Å². The lowest BCUT2D eigenvalue weighted by atomic mass is 9.64. The second-order valence-corrected chi connectivity index (χ2v) is 5.16. The molecule has 2 aromatic rings. The van der Waals surface area contributed by atoms with Crippen LogP contribution >= 0.6 is 0 Å². The lowest BCUT2D eigenvalue weighted by Gasteiger charge is -2.41. The maximum absolute atomic E-state index is 5.96. The molecule has 1 aromatic heterocycles. The Hall–Kier alpha value is -1.68. The van der Waals surface area contributed by atoms with E-state index in [0.717, 1.165) is 17.9 Å². The van der Waals surface area contributed by atoms with Gasteiger partial charge in [-0.3, -0.25) is 0 Å². The van der Waals surface area contributed by atoms with Gasteiger partial charge in [0.15, 0.2) is 0 Å². The van der Waals surface area contributed by atoms with E-state index in [0.29, 0.717) is 0 Å². The van der Waals surface area contributed by atoms with Crippen LogP contribution in [-0.4, -0.2) is 21.5 Å². The molecule has 94 valence electrons. The molecule has 3 rings (SSSR count). The third-order valence-electron chi connectivity index (χ3n) is 4.00. The minimum atomic E-state index is 0.193. The molecule has 0 radical (unpaired) electrons. The van der Waals surface area contributed by atoms with Gasteiger partial charge in [-0.1, -0.05) is 18.6 Å². The number of benzene rings is 1. The van der Waals surface area contributed by atoms with Gasteiger partial charge in [-0.25, -0.2) is 0 Å². The highest BCUT2D eigenvalue weighted by molar-refractivity contribution is 5.39. The zero-order valence-electron chi connectivity index (χ0n) is 10.6. The molecule has 0 spiro atoms. The van der Waals surface area contributed by atoms with Gasteiger partial charge >= 0.3 is 0 Å². The predicted molar refractivity (Wildman–Crippen MR) is 70.7 cm³/mol. The number of aryl methyl sites for hydroxylation is 1. The maximum Gasteiger partial charge on any atom is 0.0859 e. The van der Waals surface area contributed by atoms with Crippen molar-refractivity contribution in [1.82, 2.24) is 15.0 Å². The van der Waals surface area contributed by atoms with E-state index in [-0.39, 0.29) is 5.41 Å². The average molecular weight is 242 g/mol. The molecule has 18 heavy (non-hydrogen) atoms. The zero-order chi connectivity index (χ0) is 12.6. The zero-order valence-corrected chi connectivity index (χ0v) is 10.6. The van der Waals surface area contributed by atoms with Crippen LogP contribution in [0.2, 0.25) is 0 Å². The first-order valence-electron chi connectivity index (χ1n) is 6.43. The minimum absolute atomic E-state index is 0.193. The predicted octanol–water partition coefficient (Wildman–Crippen LogP) is 1.96. The van der Waals surface area contributed by atoms with Crippen LogP contribution in [0, 0.1) is 6.92 Å². The summed E-state index contributed by atoms with van der Waals surface area (Å²) in [6.07, 6.45) is 5.44. The van der Waals surface area contributed by atoms with E-state index in [1.54, 1.807) is 11.0 Å². The summed E-state index contributed by atoms with van der Waals surface area (Å²) >= 11 is 0. The van der Waals surface area contributed by atoms with Crippen LogP contribution in [0.25, 0.3) is 5.69 Å². The Labute approximate surface area is 107 Å². The monoisotopic (exact) mass is 242 g/mol. The SMILES string of the molecule is Cc1cnn(-c2cccc(C3(CN)CCC3)c2)n1. The normalized spacial score (nSPS) is 17.4. The first kappa shape index (κ1) is 11.4. The molecule has 1 fully saturated rings. The largest absolute Gasteiger partial charge is 0.330 e. The van der Waals surface area contributed by atoms with Crippen molar-refractivity contribution in [3.05, 3.63) is 41.7 Å². The summed E-state index contributed by atoms with van der Waals surface area (Å²) in [5.74, 6) is 0. The minimum Gasteiger partial charge on any atom is -0.330 e. The molecular weight excluding hydrogens is 224 g/mol. The molecule has 1 heterocycles. The summed E-state index contributed by atoms with van der Waals surface area (Å²) in [6, 6.07) is 8.45. The lowest BCUT2D eigenvalue weighted by Crippen LogP contribution is -2.41. The molecule has 1 aliphatic carbocycles. The molecule has 1 aliphatic rings. The molecule has 2 N–H and O–H groups in total. The molecule has 0 atom stereocenters. The number of hydrogen-bond acceptors (Lipinski definition) is 3. The van der Waals surface area contributed by atoms with Gasteiger partial charge in [0.05, 0.1) is 17.6 Å². The van der Waals surface area contributed by atoms with Crippen LogP contribution < -0.4 is 5.73 Å². The fourth-order valence-electron chi connectivity index (χ4n) is 2.64. The molecule has 0 aliphatic heterocycles. The van der Waals surface area contributed by atoms with Gasteiger partial charge in [-0.05, 0) is 37.5 Å². The second-order valence-electron chi connectivity index (χ2n) is 5.16. The van der Waals surface area contributed by atoms with Crippen molar-refractivity contribution in [3.63, 3.8) is 0 Å². The third-order valence-corrected chi connectivity index (χ3v) is 4.00. The number of hydrogen-bond donors (Lipinski definition) is 1. The summed E-state index contributed by atoms with van der Waals surface area (Å²) in [4.78, 5) is 1.68. The van der Waals surface area contributed by atoms with Gasteiger partial charge in [0.1, 0.15) is 0 Å². The molecule has 0 bridgehead atoms. The second kappa shape index (κ2) is 4.21. The Bertz CT molecular complexity index is 549. The summed E-state index contributed by atoms with van der Waals surface area (Å²) in [6.45, 7) is 2.67. The van der Waals surface area contributed by atoms with Gasteiger partial charge in [0.2, 0.25) is 0 Å². The van der Waals surface area contributed by atoms with E-state index in [1.807, 2.05) is 13.0 Å². The van der Waals surface area contributed by atoms with Crippen LogP contribution in [0.5, 0.6) is 0 Å². The van der Waals surface area contributed by atoms with E-state index in [2.05, 4.69) is 28.4 Å². The molecule has 0 amide bonds. The Morgan fingerprint density at radius 3 is 2.78 bits per heavy atom. The summed E-state index contributed by atoms with van der Waals surface area (Å²) in [5.41, 5.74) is 9.41. The number of aromatic nitrogens is 3. The lowest BCUT2D eigenvalue weighted by molar-refractivity contribution is 0.253. The summed E-state index contributed by atoms with van der Waals surface area (Å²) < 4.78 is 0. The number of rotatable bonds is 3. The van der Waals surface area contributed by atoms with E-state index in [1.165, 1.54) is 24.8 Å². The van der Waals surface area contributed by atoms with Gasteiger partial charge in [-0.2, -0.15) is 15.0 Å². The highest BCUT2D eigenvalue weighted by atomic mass is 15.5. The quantitative estimate of drug-likeness (QED) is 0.895. The van der Waals surface area contributed by atoms with Gasteiger partial charge in [0.25, 0.3) is 0 Å². The van der Waals surface area contributed by atoms with Crippen molar-refractivity contribution in [2.75, 3.05) is 6.54 Å². The Morgan fingerprint density at radius 2 is 2.22 bits per heavy atom. The van der Waals surface area contributed by atoms with Crippen molar-refractivity contribution in [1.29, 1.82) is 0 Å². The number of nitrogens with two attached hydrogens (primary N) is 1. The molecule has 1 aromatic carbocycles. The average Bonchev–Trinajstić information content (AvgIpc) is 2.76. The van der Waals surface area contributed by atoms with Crippen LogP contribution in [0.1, 0.15) is 30.5 Å². The van der Waals surface area contributed by atoms with Crippen molar-refractivity contribution >= 4 is 0 Å². The molecule has 4 nitrogen and oxygen atoms in total. The van der Waals surface area contributed by atoms with E-state index in [9.17, 15) is 0 Å². The fourth-order valence-corrected chi connectivity index (χ4v) is 2.64. The van der Waals surface area contributed by atoms with Crippen LogP contribution in [0.3, 0.4) is 0 Å². The topological polar surface area (TPSA) is 56.7 Å². The highest BCUT2D eigenvalue weighted by Crippen LogP contribution is 2.43. The molecule has 4 heteroatoms. The molecular formula is C14H18N4. The van der Waals surface area contributed by atoms with Crippen molar-refractivity contribution < 1.29 is 0 Å². The maximum atomic E-state index is 5.96. The Balaban J connectivity index is 1.99. The van der Waals surface area contributed by atoms with Crippen molar-refractivity contribution in [2.24, 2.45) is 5.73 Å². The van der Waals surface area contributed by atoms with Gasteiger partial charge in [-0.15, -0.1) is 0 Å². The van der Waals surface area contributed by atoms with Crippen LogP contribution in [-0.2, 0) is 5.41 Å². The van der Waals surface area contributed by atoms with E-state index in [4.69, 9.17) is 5.73 Å². The van der Waals surface area contributed by atoms with Crippen molar-refractivity contribution in [2.45, 2.75) is 31.6 Å². The summed E-state index contributed by atoms with van der Waals surface area (Å²) in [7, 11) is 0. The third kappa shape index (κ3) is 1.73. The Morgan fingerprint density at radius 1 is 1.39 bits per heavy atom. The number of nitrogens with zero attached hydrogens (tertiary/aromatic N) is 3. The van der Waals surface area contributed by atoms with E-state index >= 15 is 0 Å². The van der Waals surface area contributed by atoms with Gasteiger partial charge in [0, 0.05) is 12.0 Å². The molecule has 1 saturated carbocycles. The molecule has 0 saturated heterocycles. The fraction of sp³-hybridized carbons (Fsp3) is 0.429. The standard InChI is InChI=1S/C14H18N4/c1-11-9-16-18(17-11)13-5-2-4-12(8-13)14(10-15)6-3-7-14/h2,4-5,8-9H,3,6-7,10,15H2,1H3. The first-order chi connectivity index (χ1) is 8.73. The smallest absolute Gasteiger partial charge is 0.0859 e. The van der Waals surface area contributed by atoms with Crippen LogP contribution in [0.4, 0.5) is 0 Å². The Kier molecular flexibility index (Phi) is 2.67. The first-order valence-corrected chi connectivity index (χ1v) is 6.43.